The van der Waals surface area contributed by atoms with E-state index in [0.717, 1.165) is 0 Å². The highest BCUT2D eigenvalue weighted by atomic mass is 32.2. The van der Waals surface area contributed by atoms with E-state index in [1.54, 1.807) is 26.3 Å². The third-order valence-electron chi connectivity index (χ3n) is 2.11. The second-order valence-electron chi connectivity index (χ2n) is 3.35. The van der Waals surface area contributed by atoms with Crippen LogP contribution < -0.4 is 10.0 Å². The maximum absolute atomic E-state index is 11.9. The molecule has 1 aromatic heterocycles. The highest BCUT2D eigenvalue weighted by Crippen LogP contribution is 2.16. The molecule has 0 aliphatic carbocycles. The average molecular weight is 259 g/mol. The summed E-state index contributed by atoms with van der Waals surface area (Å²) in [6, 6.07) is 3.34. The lowest BCUT2D eigenvalue weighted by molar-refractivity contribution is 0.196. The van der Waals surface area contributed by atoms with Crippen LogP contribution in [0.15, 0.2) is 23.4 Å². The summed E-state index contributed by atoms with van der Waals surface area (Å²) in [5.74, 6) is 0. The molecule has 0 unspecified atom stereocenters. The highest BCUT2D eigenvalue weighted by molar-refractivity contribution is 7.89. The lowest BCUT2D eigenvalue weighted by atomic mass is 10.4. The molecule has 1 rings (SSSR count). The predicted molar refractivity (Wildman–Crippen MR) is 65.5 cm³/mol. The Morgan fingerprint density at radius 3 is 2.88 bits per heavy atom. The molecule has 0 spiro atoms. The van der Waals surface area contributed by atoms with E-state index in [0.29, 0.717) is 25.3 Å². The first-order valence-corrected chi connectivity index (χ1v) is 6.71. The van der Waals surface area contributed by atoms with Gasteiger partial charge in [0.25, 0.3) is 10.0 Å². The highest BCUT2D eigenvalue weighted by Gasteiger charge is 2.18. The van der Waals surface area contributed by atoms with Crippen LogP contribution >= 0.6 is 0 Å². The van der Waals surface area contributed by atoms with Gasteiger partial charge in [0.2, 0.25) is 0 Å². The molecule has 0 saturated carbocycles. The van der Waals surface area contributed by atoms with Crippen LogP contribution in [0.5, 0.6) is 0 Å². The molecule has 0 fully saturated rings. The first-order chi connectivity index (χ1) is 8.11. The van der Waals surface area contributed by atoms with Gasteiger partial charge in [0, 0.05) is 33.5 Å². The minimum atomic E-state index is -3.56. The number of ether oxygens (including phenoxy) is 1. The van der Waals surface area contributed by atoms with Crippen molar-refractivity contribution in [3.05, 3.63) is 18.3 Å². The zero-order chi connectivity index (χ0) is 12.7. The quantitative estimate of drug-likeness (QED) is 0.694. The summed E-state index contributed by atoms with van der Waals surface area (Å²) < 4.78 is 31.2. The second-order valence-corrected chi connectivity index (χ2v) is 5.03. The zero-order valence-electron chi connectivity index (χ0n) is 9.93. The lowest BCUT2D eigenvalue weighted by Gasteiger charge is -2.09. The van der Waals surface area contributed by atoms with Crippen molar-refractivity contribution in [2.45, 2.75) is 11.4 Å². The van der Waals surface area contributed by atoms with E-state index in [1.165, 1.54) is 6.20 Å². The van der Waals surface area contributed by atoms with Crippen molar-refractivity contribution in [3.63, 3.8) is 0 Å². The molecule has 0 saturated heterocycles. The average Bonchev–Trinajstić information content (AvgIpc) is 2.34. The molecule has 0 aromatic carbocycles. The molecule has 0 bridgehead atoms. The fourth-order valence-corrected chi connectivity index (χ4v) is 2.50. The Balaban J connectivity index is 2.75. The van der Waals surface area contributed by atoms with Crippen molar-refractivity contribution in [2.24, 2.45) is 0 Å². The molecule has 7 heteroatoms. The van der Waals surface area contributed by atoms with E-state index in [2.05, 4.69) is 15.0 Å². The van der Waals surface area contributed by atoms with Gasteiger partial charge in [-0.25, -0.2) is 18.1 Å². The second kappa shape index (κ2) is 6.53. The molecule has 0 aliphatic heterocycles. The van der Waals surface area contributed by atoms with Crippen LogP contribution in [0.4, 0.5) is 5.69 Å². The van der Waals surface area contributed by atoms with Crippen LogP contribution in [-0.4, -0.2) is 40.7 Å². The van der Waals surface area contributed by atoms with Crippen LogP contribution in [0, 0.1) is 0 Å². The van der Waals surface area contributed by atoms with Gasteiger partial charge in [-0.3, -0.25) is 0 Å². The van der Waals surface area contributed by atoms with E-state index in [4.69, 9.17) is 4.74 Å². The lowest BCUT2D eigenvalue weighted by Crippen LogP contribution is -2.27. The summed E-state index contributed by atoms with van der Waals surface area (Å²) >= 11 is 0. The summed E-state index contributed by atoms with van der Waals surface area (Å²) in [4.78, 5) is 3.88. The summed E-state index contributed by atoms with van der Waals surface area (Å²) in [7, 11) is -0.333. The van der Waals surface area contributed by atoms with Crippen LogP contribution in [-0.2, 0) is 14.8 Å². The number of hydrogen-bond acceptors (Lipinski definition) is 5. The Hall–Kier alpha value is -1.18. The summed E-state index contributed by atoms with van der Waals surface area (Å²) in [6.45, 7) is 0.847. The van der Waals surface area contributed by atoms with Crippen LogP contribution in [0.2, 0.25) is 0 Å². The monoisotopic (exact) mass is 259 g/mol. The van der Waals surface area contributed by atoms with Crippen LogP contribution in [0.1, 0.15) is 6.42 Å². The van der Waals surface area contributed by atoms with Gasteiger partial charge >= 0.3 is 0 Å². The molecule has 6 nitrogen and oxygen atoms in total. The molecule has 0 aliphatic rings. The van der Waals surface area contributed by atoms with Gasteiger partial charge in [-0.05, 0) is 18.6 Å². The number of pyridine rings is 1. The third-order valence-corrected chi connectivity index (χ3v) is 3.53. The van der Waals surface area contributed by atoms with Crippen molar-refractivity contribution in [3.8, 4) is 0 Å². The minimum Gasteiger partial charge on any atom is -0.386 e. The SMILES string of the molecule is CNc1cccnc1S(=O)(=O)NCCCOC. The van der Waals surface area contributed by atoms with E-state index in [1.807, 2.05) is 0 Å². The Labute approximate surface area is 101 Å². The summed E-state index contributed by atoms with van der Waals surface area (Å²) in [5, 5.41) is 2.81. The normalized spacial score (nSPS) is 11.4. The van der Waals surface area contributed by atoms with Gasteiger partial charge < -0.3 is 10.1 Å². The van der Waals surface area contributed by atoms with Crippen molar-refractivity contribution in [2.75, 3.05) is 32.6 Å². The first-order valence-electron chi connectivity index (χ1n) is 5.23. The molecule has 0 atom stereocenters. The Kier molecular flexibility index (Phi) is 5.33. The van der Waals surface area contributed by atoms with E-state index in [-0.39, 0.29) is 5.03 Å². The largest absolute Gasteiger partial charge is 0.386 e. The molecule has 0 radical (unpaired) electrons. The van der Waals surface area contributed by atoms with E-state index >= 15 is 0 Å². The third kappa shape index (κ3) is 3.95. The summed E-state index contributed by atoms with van der Waals surface area (Å²) in [5.41, 5.74) is 0.478. The zero-order valence-corrected chi connectivity index (χ0v) is 10.8. The van der Waals surface area contributed by atoms with Gasteiger partial charge in [-0.2, -0.15) is 0 Å². The number of hydrogen-bond donors (Lipinski definition) is 2. The number of rotatable bonds is 7. The number of nitrogens with one attached hydrogen (secondary N) is 2. The van der Waals surface area contributed by atoms with Crippen molar-refractivity contribution >= 4 is 15.7 Å². The van der Waals surface area contributed by atoms with Crippen molar-refractivity contribution in [1.29, 1.82) is 0 Å². The number of methoxy groups -OCH3 is 1. The molecule has 96 valence electrons. The maximum atomic E-state index is 11.9. The topological polar surface area (TPSA) is 80.3 Å². The van der Waals surface area contributed by atoms with Gasteiger partial charge in [-0.15, -0.1) is 0 Å². The van der Waals surface area contributed by atoms with Gasteiger partial charge in [-0.1, -0.05) is 0 Å². The van der Waals surface area contributed by atoms with Crippen LogP contribution in [0.25, 0.3) is 0 Å². The molecular formula is C10H17N3O3S. The molecule has 2 N–H and O–H groups in total. The Bertz CT molecular complexity index is 448. The fourth-order valence-electron chi connectivity index (χ4n) is 1.29. The minimum absolute atomic E-state index is 0.0138. The van der Waals surface area contributed by atoms with Crippen molar-refractivity contribution < 1.29 is 13.2 Å². The standard InChI is InChI=1S/C10H17N3O3S/c1-11-9-5-3-6-12-10(9)17(14,15)13-7-4-8-16-2/h3,5-6,11,13H,4,7-8H2,1-2H3. The maximum Gasteiger partial charge on any atom is 0.260 e. The van der Waals surface area contributed by atoms with Gasteiger partial charge in [0.05, 0.1) is 5.69 Å². The van der Waals surface area contributed by atoms with Crippen molar-refractivity contribution in [1.82, 2.24) is 9.71 Å². The number of sulfonamides is 1. The number of nitrogens with zero attached hydrogens (tertiary/aromatic N) is 1. The Morgan fingerprint density at radius 2 is 2.24 bits per heavy atom. The molecule has 1 aromatic rings. The molecular weight excluding hydrogens is 242 g/mol. The molecule has 17 heavy (non-hydrogen) atoms. The fraction of sp³-hybridized carbons (Fsp3) is 0.500. The number of aromatic nitrogens is 1. The number of anilines is 1. The predicted octanol–water partition coefficient (Wildman–Crippen LogP) is 0.438. The van der Waals surface area contributed by atoms with E-state index < -0.39 is 10.0 Å². The summed E-state index contributed by atoms with van der Waals surface area (Å²) in [6.07, 6.45) is 2.07. The van der Waals surface area contributed by atoms with Crippen LogP contribution in [0.3, 0.4) is 0 Å². The molecule has 1 heterocycles. The smallest absolute Gasteiger partial charge is 0.260 e. The molecule has 0 amide bonds. The van der Waals surface area contributed by atoms with Gasteiger partial charge in [0.15, 0.2) is 5.03 Å². The first kappa shape index (κ1) is 13.9. The van der Waals surface area contributed by atoms with E-state index in [9.17, 15) is 8.42 Å². The Morgan fingerprint density at radius 1 is 1.47 bits per heavy atom. The van der Waals surface area contributed by atoms with Gasteiger partial charge in [0.1, 0.15) is 0 Å².